The van der Waals surface area contributed by atoms with Crippen LogP contribution in [0.3, 0.4) is 0 Å². The highest BCUT2D eigenvalue weighted by atomic mass is 79.9. The summed E-state index contributed by atoms with van der Waals surface area (Å²) in [6, 6.07) is 12.4. The molecule has 1 nitrogen and oxygen atoms in total. The number of aliphatic hydroxyl groups is 1. The van der Waals surface area contributed by atoms with Gasteiger partial charge in [-0.2, -0.15) is 0 Å². The molecule has 1 heterocycles. The van der Waals surface area contributed by atoms with Crippen molar-refractivity contribution in [2.24, 2.45) is 0 Å². The van der Waals surface area contributed by atoms with E-state index in [1.807, 2.05) is 29.6 Å². The molecule has 0 saturated heterocycles. The zero-order valence-electron chi connectivity index (χ0n) is 9.81. The lowest BCUT2D eigenvalue weighted by molar-refractivity contribution is 0.216. The van der Waals surface area contributed by atoms with E-state index < -0.39 is 11.9 Å². The van der Waals surface area contributed by atoms with Crippen molar-refractivity contribution in [2.45, 2.75) is 6.10 Å². The van der Waals surface area contributed by atoms with Gasteiger partial charge in [-0.25, -0.2) is 4.39 Å². The van der Waals surface area contributed by atoms with Crippen LogP contribution in [0.25, 0.3) is 10.1 Å². The molecular formula is C15H10BrFOS. The van der Waals surface area contributed by atoms with Gasteiger partial charge in [0, 0.05) is 20.3 Å². The molecule has 1 unspecified atom stereocenters. The van der Waals surface area contributed by atoms with E-state index in [4.69, 9.17) is 0 Å². The van der Waals surface area contributed by atoms with Gasteiger partial charge in [0.15, 0.2) is 0 Å². The maximum absolute atomic E-state index is 13.9. The van der Waals surface area contributed by atoms with Crippen LogP contribution in [0, 0.1) is 5.82 Å². The van der Waals surface area contributed by atoms with Crippen LogP contribution in [0.2, 0.25) is 0 Å². The van der Waals surface area contributed by atoms with Crippen molar-refractivity contribution in [2.75, 3.05) is 0 Å². The molecule has 2 aromatic carbocycles. The molecule has 4 heteroatoms. The van der Waals surface area contributed by atoms with Gasteiger partial charge in [0.25, 0.3) is 0 Å². The first-order valence-electron chi connectivity index (χ1n) is 5.76. The molecule has 0 aliphatic carbocycles. The highest BCUT2D eigenvalue weighted by Gasteiger charge is 2.20. The average molecular weight is 337 g/mol. The number of rotatable bonds is 2. The second-order valence-electron chi connectivity index (χ2n) is 4.22. The molecule has 0 radical (unpaired) electrons. The summed E-state index contributed by atoms with van der Waals surface area (Å²) in [5.41, 5.74) is 1.02. The highest BCUT2D eigenvalue weighted by Crippen LogP contribution is 2.36. The first-order valence-corrected chi connectivity index (χ1v) is 7.44. The van der Waals surface area contributed by atoms with Crippen molar-refractivity contribution in [3.05, 3.63) is 69.3 Å². The van der Waals surface area contributed by atoms with Crippen LogP contribution in [0.1, 0.15) is 17.2 Å². The van der Waals surface area contributed by atoms with Gasteiger partial charge in [0.2, 0.25) is 0 Å². The second kappa shape index (κ2) is 5.04. The second-order valence-corrected chi connectivity index (χ2v) is 5.99. The predicted molar refractivity (Wildman–Crippen MR) is 80.0 cm³/mol. The smallest absolute Gasteiger partial charge is 0.130 e. The molecule has 0 aliphatic rings. The average Bonchev–Trinajstić information content (AvgIpc) is 2.86. The molecule has 0 amide bonds. The topological polar surface area (TPSA) is 20.2 Å². The molecule has 0 saturated carbocycles. The number of thiophene rings is 1. The third kappa shape index (κ3) is 2.20. The Kier molecular flexibility index (Phi) is 3.39. The van der Waals surface area contributed by atoms with Gasteiger partial charge in [-0.05, 0) is 29.0 Å². The molecular weight excluding hydrogens is 327 g/mol. The van der Waals surface area contributed by atoms with E-state index in [9.17, 15) is 9.50 Å². The van der Waals surface area contributed by atoms with E-state index in [0.29, 0.717) is 4.47 Å². The standard InChI is InChI=1S/C15H10BrFOS/c16-11-5-2-6-12(17)13(11)14(18)10-4-1-3-9-7-8-19-15(9)10/h1-8,14,18H. The first kappa shape index (κ1) is 12.8. The van der Waals surface area contributed by atoms with Gasteiger partial charge in [-0.3, -0.25) is 0 Å². The summed E-state index contributed by atoms with van der Waals surface area (Å²) in [5.74, 6) is -0.407. The molecule has 19 heavy (non-hydrogen) atoms. The van der Waals surface area contributed by atoms with E-state index >= 15 is 0 Å². The largest absolute Gasteiger partial charge is 0.383 e. The van der Waals surface area contributed by atoms with Crippen molar-refractivity contribution in [3.8, 4) is 0 Å². The van der Waals surface area contributed by atoms with Gasteiger partial charge in [-0.1, -0.05) is 40.2 Å². The predicted octanol–water partition coefficient (Wildman–Crippen LogP) is 4.88. The normalized spacial score (nSPS) is 12.8. The Morgan fingerprint density at radius 1 is 1.11 bits per heavy atom. The monoisotopic (exact) mass is 336 g/mol. The fourth-order valence-electron chi connectivity index (χ4n) is 2.16. The van der Waals surface area contributed by atoms with Crippen molar-refractivity contribution >= 4 is 37.4 Å². The zero-order chi connectivity index (χ0) is 13.4. The molecule has 96 valence electrons. The van der Waals surface area contributed by atoms with Gasteiger partial charge in [-0.15, -0.1) is 11.3 Å². The van der Waals surface area contributed by atoms with Gasteiger partial charge < -0.3 is 5.11 Å². The molecule has 0 bridgehead atoms. The van der Waals surface area contributed by atoms with Crippen LogP contribution in [0.5, 0.6) is 0 Å². The van der Waals surface area contributed by atoms with Crippen molar-refractivity contribution in [1.29, 1.82) is 0 Å². The summed E-state index contributed by atoms with van der Waals surface area (Å²) in [5, 5.41) is 13.5. The van der Waals surface area contributed by atoms with Gasteiger partial charge in [0.05, 0.1) is 0 Å². The van der Waals surface area contributed by atoms with Gasteiger partial charge >= 0.3 is 0 Å². The quantitative estimate of drug-likeness (QED) is 0.706. The Hall–Kier alpha value is -1.23. The zero-order valence-corrected chi connectivity index (χ0v) is 12.2. The van der Waals surface area contributed by atoms with Crippen LogP contribution >= 0.6 is 27.3 Å². The van der Waals surface area contributed by atoms with E-state index in [2.05, 4.69) is 15.9 Å². The minimum absolute atomic E-state index is 0.281. The van der Waals surface area contributed by atoms with Crippen LogP contribution in [0.15, 0.2) is 52.3 Å². The van der Waals surface area contributed by atoms with Crippen LogP contribution < -0.4 is 0 Å². The summed E-state index contributed by atoms with van der Waals surface area (Å²) in [7, 11) is 0. The molecule has 1 aromatic heterocycles. The molecule has 0 spiro atoms. The summed E-state index contributed by atoms with van der Waals surface area (Å²) >= 11 is 4.85. The number of halogens is 2. The molecule has 3 aromatic rings. The van der Waals surface area contributed by atoms with Crippen molar-refractivity contribution < 1.29 is 9.50 Å². The van der Waals surface area contributed by atoms with Crippen LogP contribution in [0.4, 0.5) is 4.39 Å². The lowest BCUT2D eigenvalue weighted by Crippen LogP contribution is -2.03. The van der Waals surface area contributed by atoms with Crippen molar-refractivity contribution in [3.63, 3.8) is 0 Å². The minimum atomic E-state index is -0.974. The summed E-state index contributed by atoms with van der Waals surface area (Å²) in [6.45, 7) is 0. The third-order valence-corrected chi connectivity index (χ3v) is 4.75. The first-order chi connectivity index (χ1) is 9.18. The number of benzene rings is 2. The fraction of sp³-hybridized carbons (Fsp3) is 0.0667. The van der Waals surface area contributed by atoms with E-state index in [0.717, 1.165) is 15.6 Å². The molecule has 1 atom stereocenters. The molecule has 0 fully saturated rings. The number of aliphatic hydroxyl groups excluding tert-OH is 1. The number of hydrogen-bond acceptors (Lipinski definition) is 2. The SMILES string of the molecule is OC(c1c(F)cccc1Br)c1cccc2ccsc12. The maximum Gasteiger partial charge on any atom is 0.130 e. The molecule has 3 rings (SSSR count). The third-order valence-electron chi connectivity index (χ3n) is 3.08. The Morgan fingerprint density at radius 3 is 2.68 bits per heavy atom. The Morgan fingerprint density at radius 2 is 1.89 bits per heavy atom. The number of hydrogen-bond donors (Lipinski definition) is 1. The summed E-state index contributed by atoms with van der Waals surface area (Å²) in [4.78, 5) is 0. The van der Waals surface area contributed by atoms with E-state index in [-0.39, 0.29) is 5.56 Å². The lowest BCUT2D eigenvalue weighted by Gasteiger charge is -2.15. The molecule has 0 aliphatic heterocycles. The van der Waals surface area contributed by atoms with Gasteiger partial charge in [0.1, 0.15) is 11.9 Å². The van der Waals surface area contributed by atoms with E-state index in [1.165, 1.54) is 6.07 Å². The lowest BCUT2D eigenvalue weighted by atomic mass is 10.00. The Bertz CT molecular complexity index is 718. The van der Waals surface area contributed by atoms with E-state index in [1.54, 1.807) is 23.5 Å². The maximum atomic E-state index is 13.9. The Balaban J connectivity index is 2.19. The number of fused-ring (bicyclic) bond motifs is 1. The molecule has 1 N–H and O–H groups in total. The van der Waals surface area contributed by atoms with Crippen LogP contribution in [-0.4, -0.2) is 5.11 Å². The minimum Gasteiger partial charge on any atom is -0.383 e. The fourth-order valence-corrected chi connectivity index (χ4v) is 3.66. The van der Waals surface area contributed by atoms with Crippen LogP contribution in [-0.2, 0) is 0 Å². The Labute approximate surface area is 122 Å². The summed E-state index contributed by atoms with van der Waals surface area (Å²) in [6.07, 6.45) is -0.974. The highest BCUT2D eigenvalue weighted by molar-refractivity contribution is 9.10. The summed E-state index contributed by atoms with van der Waals surface area (Å²) < 4.78 is 15.5. The van der Waals surface area contributed by atoms with Crippen molar-refractivity contribution in [1.82, 2.24) is 0 Å².